The Morgan fingerprint density at radius 3 is 2.68 bits per heavy atom. The number of carbonyl (C=O) groups is 1. The van der Waals surface area contributed by atoms with Crippen molar-refractivity contribution in [2.45, 2.75) is 45.0 Å². The van der Waals surface area contributed by atoms with Gasteiger partial charge in [-0.2, -0.15) is 0 Å². The highest BCUT2D eigenvalue weighted by molar-refractivity contribution is 5.93. The number of ether oxygens (including phenoxy) is 2. The molecule has 0 saturated carbocycles. The smallest absolute Gasteiger partial charge is 0.338 e. The van der Waals surface area contributed by atoms with E-state index in [9.17, 15) is 4.79 Å². The molecule has 2 heterocycles. The van der Waals surface area contributed by atoms with Crippen molar-refractivity contribution in [3.8, 4) is 5.88 Å². The van der Waals surface area contributed by atoms with Gasteiger partial charge in [0.1, 0.15) is 6.10 Å². The Balaban J connectivity index is 2.10. The van der Waals surface area contributed by atoms with Crippen LogP contribution in [-0.2, 0) is 4.74 Å². The van der Waals surface area contributed by atoms with Gasteiger partial charge >= 0.3 is 5.97 Å². The number of aromatic carboxylic acids is 1. The lowest BCUT2D eigenvalue weighted by Crippen LogP contribution is -2.35. The zero-order chi connectivity index (χ0) is 14.0. The molecule has 0 aliphatic carbocycles. The molecule has 1 saturated heterocycles. The van der Waals surface area contributed by atoms with E-state index in [0.29, 0.717) is 0 Å². The van der Waals surface area contributed by atoms with Crippen LogP contribution in [0.2, 0.25) is 0 Å². The molecule has 6 heteroatoms. The second kappa shape index (κ2) is 5.44. The Bertz CT molecular complexity index is 468. The van der Waals surface area contributed by atoms with Gasteiger partial charge < -0.3 is 20.3 Å². The van der Waals surface area contributed by atoms with E-state index in [1.807, 2.05) is 13.8 Å². The Kier molecular flexibility index (Phi) is 3.90. The van der Waals surface area contributed by atoms with E-state index in [4.69, 9.17) is 20.3 Å². The molecule has 1 aromatic heterocycles. The summed E-state index contributed by atoms with van der Waals surface area (Å²) < 4.78 is 11.4. The maximum absolute atomic E-state index is 11.0. The van der Waals surface area contributed by atoms with Crippen molar-refractivity contribution >= 4 is 11.7 Å². The molecule has 3 N–H and O–H groups in total. The SMILES string of the molecule is CC1CC(Oc2cc(C(=O)O)c(N)cn2)CC(C)O1. The van der Waals surface area contributed by atoms with Crippen LogP contribution in [0.5, 0.6) is 5.88 Å². The van der Waals surface area contributed by atoms with Gasteiger partial charge in [-0.25, -0.2) is 9.78 Å². The van der Waals surface area contributed by atoms with Gasteiger partial charge in [0.05, 0.1) is 29.7 Å². The van der Waals surface area contributed by atoms with Crippen molar-refractivity contribution in [1.29, 1.82) is 0 Å². The predicted octanol–water partition coefficient (Wildman–Crippen LogP) is 1.70. The zero-order valence-electron chi connectivity index (χ0n) is 11.0. The minimum atomic E-state index is -1.08. The van der Waals surface area contributed by atoms with Crippen molar-refractivity contribution in [3.63, 3.8) is 0 Å². The van der Waals surface area contributed by atoms with Gasteiger partial charge in [-0.15, -0.1) is 0 Å². The molecule has 1 aliphatic heterocycles. The lowest BCUT2D eigenvalue weighted by atomic mass is 10.0. The largest absolute Gasteiger partial charge is 0.478 e. The van der Waals surface area contributed by atoms with Crippen LogP contribution in [-0.4, -0.2) is 34.4 Å². The minimum Gasteiger partial charge on any atom is -0.478 e. The van der Waals surface area contributed by atoms with Crippen LogP contribution in [0.15, 0.2) is 12.3 Å². The first-order valence-corrected chi connectivity index (χ1v) is 6.26. The van der Waals surface area contributed by atoms with Gasteiger partial charge in [0, 0.05) is 18.9 Å². The van der Waals surface area contributed by atoms with Crippen LogP contribution in [0, 0.1) is 0 Å². The van der Waals surface area contributed by atoms with Crippen molar-refractivity contribution in [2.24, 2.45) is 0 Å². The quantitative estimate of drug-likeness (QED) is 0.864. The van der Waals surface area contributed by atoms with E-state index in [1.165, 1.54) is 12.3 Å². The number of hydrogen-bond donors (Lipinski definition) is 2. The molecule has 0 aromatic carbocycles. The molecule has 104 valence electrons. The Hall–Kier alpha value is -1.82. The Morgan fingerprint density at radius 1 is 1.47 bits per heavy atom. The van der Waals surface area contributed by atoms with Crippen LogP contribution in [0.25, 0.3) is 0 Å². The molecule has 2 rings (SSSR count). The van der Waals surface area contributed by atoms with Gasteiger partial charge in [0.2, 0.25) is 5.88 Å². The van der Waals surface area contributed by atoms with Crippen molar-refractivity contribution in [3.05, 3.63) is 17.8 Å². The average Bonchev–Trinajstić information content (AvgIpc) is 2.30. The molecule has 1 aromatic rings. The molecule has 0 spiro atoms. The molecule has 2 unspecified atom stereocenters. The van der Waals surface area contributed by atoms with Gasteiger partial charge in [-0.05, 0) is 13.8 Å². The first-order valence-electron chi connectivity index (χ1n) is 6.26. The number of aromatic nitrogens is 1. The molecule has 1 aliphatic rings. The first kappa shape index (κ1) is 13.6. The summed E-state index contributed by atoms with van der Waals surface area (Å²) in [5.41, 5.74) is 5.69. The number of carboxylic acid groups (broad SMARTS) is 1. The molecule has 0 bridgehead atoms. The number of hydrogen-bond acceptors (Lipinski definition) is 5. The van der Waals surface area contributed by atoms with Gasteiger partial charge in [0.15, 0.2) is 0 Å². The molecular weight excluding hydrogens is 248 g/mol. The van der Waals surface area contributed by atoms with Crippen molar-refractivity contribution in [1.82, 2.24) is 4.98 Å². The maximum Gasteiger partial charge on any atom is 0.338 e. The van der Waals surface area contributed by atoms with Crippen molar-refractivity contribution in [2.75, 3.05) is 5.73 Å². The molecule has 0 amide bonds. The lowest BCUT2D eigenvalue weighted by Gasteiger charge is -2.31. The number of carboxylic acids is 1. The molecule has 2 atom stereocenters. The fourth-order valence-corrected chi connectivity index (χ4v) is 2.31. The fraction of sp³-hybridized carbons (Fsp3) is 0.538. The van der Waals surface area contributed by atoms with Crippen LogP contribution in [0.4, 0.5) is 5.69 Å². The highest BCUT2D eigenvalue weighted by Gasteiger charge is 2.26. The fourth-order valence-electron chi connectivity index (χ4n) is 2.31. The van der Waals surface area contributed by atoms with E-state index in [0.717, 1.165) is 12.8 Å². The summed E-state index contributed by atoms with van der Waals surface area (Å²) >= 11 is 0. The molecular formula is C13H18N2O4. The van der Waals surface area contributed by atoms with Crippen LogP contribution in [0.3, 0.4) is 0 Å². The number of anilines is 1. The van der Waals surface area contributed by atoms with Crippen LogP contribution >= 0.6 is 0 Å². The summed E-state index contributed by atoms with van der Waals surface area (Å²) in [7, 11) is 0. The summed E-state index contributed by atoms with van der Waals surface area (Å²) in [6, 6.07) is 1.36. The van der Waals surface area contributed by atoms with E-state index >= 15 is 0 Å². The number of nitrogens with two attached hydrogens (primary N) is 1. The number of rotatable bonds is 3. The van der Waals surface area contributed by atoms with Crippen LogP contribution in [0.1, 0.15) is 37.0 Å². The van der Waals surface area contributed by atoms with E-state index in [1.54, 1.807) is 0 Å². The number of nitrogen functional groups attached to an aromatic ring is 1. The maximum atomic E-state index is 11.0. The monoisotopic (exact) mass is 266 g/mol. The van der Waals surface area contributed by atoms with Gasteiger partial charge in [-0.1, -0.05) is 0 Å². The second-order valence-electron chi connectivity index (χ2n) is 4.88. The van der Waals surface area contributed by atoms with E-state index < -0.39 is 5.97 Å². The predicted molar refractivity (Wildman–Crippen MR) is 69.3 cm³/mol. The van der Waals surface area contributed by atoms with Gasteiger partial charge in [0.25, 0.3) is 0 Å². The third-order valence-corrected chi connectivity index (χ3v) is 3.08. The normalized spacial score (nSPS) is 26.9. The van der Waals surface area contributed by atoms with Gasteiger partial charge in [-0.3, -0.25) is 0 Å². The van der Waals surface area contributed by atoms with E-state index in [2.05, 4.69) is 4.98 Å². The molecule has 1 fully saturated rings. The summed E-state index contributed by atoms with van der Waals surface area (Å²) in [4.78, 5) is 15.0. The summed E-state index contributed by atoms with van der Waals surface area (Å²) in [6.07, 6.45) is 3.07. The topological polar surface area (TPSA) is 94.7 Å². The second-order valence-corrected chi connectivity index (χ2v) is 4.88. The zero-order valence-corrected chi connectivity index (χ0v) is 11.0. The van der Waals surface area contributed by atoms with Crippen molar-refractivity contribution < 1.29 is 19.4 Å². The third kappa shape index (κ3) is 3.35. The standard InChI is InChI=1S/C13H18N2O4/c1-7-3-9(4-8(2)18-7)19-12-5-10(13(16)17)11(14)6-15-12/h5-9H,3-4,14H2,1-2H3,(H,16,17). The molecule has 19 heavy (non-hydrogen) atoms. The third-order valence-electron chi connectivity index (χ3n) is 3.08. The highest BCUT2D eigenvalue weighted by atomic mass is 16.5. The number of pyridine rings is 1. The average molecular weight is 266 g/mol. The number of nitrogens with zero attached hydrogens (tertiary/aromatic N) is 1. The summed E-state index contributed by atoms with van der Waals surface area (Å²) in [5, 5.41) is 9.00. The summed E-state index contributed by atoms with van der Waals surface area (Å²) in [6.45, 7) is 3.98. The first-order chi connectivity index (χ1) is 8.95. The minimum absolute atomic E-state index is 0.0122. The van der Waals surface area contributed by atoms with E-state index in [-0.39, 0.29) is 35.4 Å². The summed E-state index contributed by atoms with van der Waals surface area (Å²) in [5.74, 6) is -0.795. The Morgan fingerprint density at radius 2 is 2.11 bits per heavy atom. The lowest BCUT2D eigenvalue weighted by molar-refractivity contribution is -0.0729. The highest BCUT2D eigenvalue weighted by Crippen LogP contribution is 2.24. The molecule has 6 nitrogen and oxygen atoms in total. The van der Waals surface area contributed by atoms with Crippen LogP contribution < -0.4 is 10.5 Å². The Labute approximate surface area is 111 Å². The molecule has 0 radical (unpaired) electrons.